The van der Waals surface area contributed by atoms with Gasteiger partial charge >= 0.3 is 0 Å². The highest BCUT2D eigenvalue weighted by atomic mass is 35.5. The third kappa shape index (κ3) is 3.70. The van der Waals surface area contributed by atoms with E-state index in [9.17, 15) is 4.39 Å². The van der Waals surface area contributed by atoms with Gasteiger partial charge in [0.05, 0.1) is 5.69 Å². The third-order valence-electron chi connectivity index (χ3n) is 4.90. The first-order valence-corrected chi connectivity index (χ1v) is 8.55. The van der Waals surface area contributed by atoms with E-state index in [4.69, 9.17) is 11.6 Å². The number of rotatable bonds is 2. The van der Waals surface area contributed by atoms with E-state index in [-0.39, 0.29) is 5.82 Å². The Balaban J connectivity index is 1.75. The van der Waals surface area contributed by atoms with E-state index in [0.29, 0.717) is 16.8 Å². The van der Waals surface area contributed by atoms with Crippen LogP contribution in [0, 0.1) is 11.7 Å². The Labute approximate surface area is 131 Å². The van der Waals surface area contributed by atoms with Gasteiger partial charge in [-0.15, -0.1) is 0 Å². The summed E-state index contributed by atoms with van der Waals surface area (Å²) in [5.74, 6) is 0.543. The van der Waals surface area contributed by atoms with Crippen molar-refractivity contribution in [3.8, 4) is 0 Å². The van der Waals surface area contributed by atoms with E-state index in [0.717, 1.165) is 32.0 Å². The van der Waals surface area contributed by atoms with Gasteiger partial charge in [-0.3, -0.25) is 0 Å². The molecule has 3 rings (SSSR count). The summed E-state index contributed by atoms with van der Waals surface area (Å²) in [6.07, 6.45) is 7.75. The summed E-state index contributed by atoms with van der Waals surface area (Å²) in [7, 11) is 0. The summed E-state index contributed by atoms with van der Waals surface area (Å²) in [5, 5.41) is 4.16. The molecule has 2 aliphatic rings. The number of nitrogens with one attached hydrogen (secondary N) is 1. The van der Waals surface area contributed by atoms with Crippen molar-refractivity contribution in [2.45, 2.75) is 44.6 Å². The van der Waals surface area contributed by atoms with Crippen LogP contribution in [-0.4, -0.2) is 25.7 Å². The Hall–Kier alpha value is -0.800. The number of anilines is 1. The zero-order valence-electron chi connectivity index (χ0n) is 12.5. The smallest absolute Gasteiger partial charge is 0.147 e. The van der Waals surface area contributed by atoms with Crippen LogP contribution in [0.5, 0.6) is 0 Å². The van der Waals surface area contributed by atoms with Crippen LogP contribution in [0.1, 0.15) is 38.5 Å². The average molecular weight is 311 g/mol. The second-order valence-electron chi connectivity index (χ2n) is 6.35. The van der Waals surface area contributed by atoms with Crippen molar-refractivity contribution in [1.82, 2.24) is 5.32 Å². The van der Waals surface area contributed by atoms with Crippen LogP contribution in [0.25, 0.3) is 0 Å². The van der Waals surface area contributed by atoms with Gasteiger partial charge in [0.25, 0.3) is 0 Å². The summed E-state index contributed by atoms with van der Waals surface area (Å²) < 4.78 is 14.2. The number of hydrogen-bond acceptors (Lipinski definition) is 2. The molecule has 0 amide bonds. The summed E-state index contributed by atoms with van der Waals surface area (Å²) in [6.45, 7) is 2.85. The predicted octanol–water partition coefficient (Wildman–Crippen LogP) is 4.23. The highest BCUT2D eigenvalue weighted by Crippen LogP contribution is 2.30. The lowest BCUT2D eigenvalue weighted by atomic mass is 9.83. The van der Waals surface area contributed by atoms with Crippen molar-refractivity contribution >= 4 is 17.3 Å². The number of benzene rings is 1. The lowest BCUT2D eigenvalue weighted by Crippen LogP contribution is -2.44. The lowest BCUT2D eigenvalue weighted by Gasteiger charge is -2.33. The number of halogens is 2. The van der Waals surface area contributed by atoms with Crippen LogP contribution in [0.3, 0.4) is 0 Å². The molecule has 0 aromatic heterocycles. The zero-order valence-corrected chi connectivity index (χ0v) is 13.2. The Morgan fingerprint density at radius 3 is 2.71 bits per heavy atom. The quantitative estimate of drug-likeness (QED) is 0.879. The number of nitrogens with zero attached hydrogens (tertiary/aromatic N) is 1. The molecule has 1 aliphatic carbocycles. The molecule has 1 N–H and O–H groups in total. The van der Waals surface area contributed by atoms with Gasteiger partial charge in [-0.25, -0.2) is 4.39 Å². The van der Waals surface area contributed by atoms with Crippen molar-refractivity contribution in [2.75, 3.05) is 24.5 Å². The van der Waals surface area contributed by atoms with Crippen LogP contribution in [0.2, 0.25) is 5.02 Å². The molecular formula is C17H24ClFN2. The fourth-order valence-corrected chi connectivity index (χ4v) is 3.92. The van der Waals surface area contributed by atoms with Crippen LogP contribution in [0.15, 0.2) is 18.2 Å². The Morgan fingerprint density at radius 2 is 1.95 bits per heavy atom. The normalized spacial score (nSPS) is 24.9. The summed E-state index contributed by atoms with van der Waals surface area (Å²) >= 11 is 5.87. The summed E-state index contributed by atoms with van der Waals surface area (Å²) in [6, 6.07) is 5.52. The van der Waals surface area contributed by atoms with Crippen molar-refractivity contribution in [2.24, 2.45) is 5.92 Å². The van der Waals surface area contributed by atoms with Gasteiger partial charge < -0.3 is 10.2 Å². The van der Waals surface area contributed by atoms with Crippen molar-refractivity contribution < 1.29 is 4.39 Å². The average Bonchev–Trinajstić information content (AvgIpc) is 2.74. The molecule has 1 atom stereocenters. The van der Waals surface area contributed by atoms with E-state index in [1.165, 1.54) is 38.2 Å². The van der Waals surface area contributed by atoms with E-state index < -0.39 is 0 Å². The van der Waals surface area contributed by atoms with Crippen LogP contribution < -0.4 is 10.2 Å². The maximum absolute atomic E-state index is 14.2. The molecule has 116 valence electrons. The minimum Gasteiger partial charge on any atom is -0.368 e. The Kier molecular flexibility index (Phi) is 5.02. The molecule has 1 heterocycles. The fraction of sp³-hybridized carbons (Fsp3) is 0.647. The van der Waals surface area contributed by atoms with Crippen molar-refractivity contribution in [3.05, 3.63) is 29.0 Å². The molecule has 1 saturated heterocycles. The molecule has 4 heteroatoms. The molecule has 1 aromatic rings. The second kappa shape index (κ2) is 6.97. The SMILES string of the molecule is Fc1cc(Cl)ccc1N1CCCNC(C2CCCCC2)C1. The van der Waals surface area contributed by atoms with E-state index in [1.54, 1.807) is 6.07 Å². The van der Waals surface area contributed by atoms with Crippen molar-refractivity contribution in [3.63, 3.8) is 0 Å². The Bertz CT molecular complexity index is 474. The zero-order chi connectivity index (χ0) is 14.7. The first-order valence-electron chi connectivity index (χ1n) is 8.17. The van der Waals surface area contributed by atoms with Gasteiger partial charge in [0.15, 0.2) is 0 Å². The van der Waals surface area contributed by atoms with Gasteiger partial charge in [-0.05, 0) is 49.9 Å². The molecule has 0 radical (unpaired) electrons. The predicted molar refractivity (Wildman–Crippen MR) is 86.6 cm³/mol. The summed E-state index contributed by atoms with van der Waals surface area (Å²) in [4.78, 5) is 2.20. The van der Waals surface area contributed by atoms with Gasteiger partial charge in [-0.2, -0.15) is 0 Å². The summed E-state index contributed by atoms with van der Waals surface area (Å²) in [5.41, 5.74) is 0.698. The highest BCUT2D eigenvalue weighted by molar-refractivity contribution is 6.30. The molecule has 1 unspecified atom stereocenters. The minimum atomic E-state index is -0.202. The van der Waals surface area contributed by atoms with Crippen LogP contribution in [0.4, 0.5) is 10.1 Å². The van der Waals surface area contributed by atoms with Gasteiger partial charge in [0.1, 0.15) is 5.82 Å². The standard InChI is InChI=1S/C17H24ClFN2/c18-14-7-8-17(15(19)11-14)21-10-4-9-20-16(12-21)13-5-2-1-3-6-13/h7-8,11,13,16,20H,1-6,9-10,12H2. The second-order valence-corrected chi connectivity index (χ2v) is 6.79. The Morgan fingerprint density at radius 1 is 1.14 bits per heavy atom. The van der Waals surface area contributed by atoms with E-state index in [2.05, 4.69) is 10.2 Å². The van der Waals surface area contributed by atoms with Crippen molar-refractivity contribution in [1.29, 1.82) is 0 Å². The first-order chi connectivity index (χ1) is 10.2. The largest absolute Gasteiger partial charge is 0.368 e. The molecule has 2 fully saturated rings. The molecule has 1 aliphatic heterocycles. The van der Waals surface area contributed by atoms with E-state index in [1.807, 2.05) is 6.07 Å². The molecule has 2 nitrogen and oxygen atoms in total. The van der Waals surface area contributed by atoms with Gasteiger partial charge in [0, 0.05) is 24.2 Å². The lowest BCUT2D eigenvalue weighted by molar-refractivity contribution is 0.277. The molecule has 1 saturated carbocycles. The van der Waals surface area contributed by atoms with Crippen LogP contribution >= 0.6 is 11.6 Å². The van der Waals surface area contributed by atoms with Gasteiger partial charge in [-0.1, -0.05) is 30.9 Å². The van der Waals surface area contributed by atoms with Crippen LogP contribution in [-0.2, 0) is 0 Å². The maximum Gasteiger partial charge on any atom is 0.147 e. The van der Waals surface area contributed by atoms with Gasteiger partial charge in [0.2, 0.25) is 0 Å². The number of hydrogen-bond donors (Lipinski definition) is 1. The maximum atomic E-state index is 14.2. The molecular weight excluding hydrogens is 287 g/mol. The third-order valence-corrected chi connectivity index (χ3v) is 5.13. The first kappa shape index (κ1) is 15.1. The topological polar surface area (TPSA) is 15.3 Å². The highest BCUT2D eigenvalue weighted by Gasteiger charge is 2.27. The molecule has 0 spiro atoms. The molecule has 21 heavy (non-hydrogen) atoms. The van der Waals surface area contributed by atoms with E-state index >= 15 is 0 Å². The monoisotopic (exact) mass is 310 g/mol. The fourth-order valence-electron chi connectivity index (χ4n) is 3.76. The molecule has 1 aromatic carbocycles. The minimum absolute atomic E-state index is 0.202. The molecule has 0 bridgehead atoms.